The van der Waals surface area contributed by atoms with Gasteiger partial charge in [-0.05, 0) is 29.3 Å². The molecule has 2 aliphatic rings. The van der Waals surface area contributed by atoms with Gasteiger partial charge >= 0.3 is 0 Å². The van der Waals surface area contributed by atoms with Crippen LogP contribution in [0.25, 0.3) is 10.9 Å². The smallest absolute Gasteiger partial charge is 0.247 e. The quantitative estimate of drug-likeness (QED) is 0.664. The topological polar surface area (TPSA) is 61.7 Å². The molecule has 7 nitrogen and oxygen atoms in total. The van der Waals surface area contributed by atoms with E-state index in [1.54, 1.807) is 9.80 Å². The number of benzene rings is 1. The third-order valence-electron chi connectivity index (χ3n) is 6.03. The zero-order chi connectivity index (χ0) is 20.7. The Morgan fingerprint density at radius 3 is 2.77 bits per heavy atom. The standard InChI is InChI=1S/C23H25N5O2/c1-25-7-6-17(12-25)14-27-16-22(29)28-9-8-26(15-21(28)23(27)30)13-18-10-19-4-2-3-5-20(19)24-11-18/h2-7,10-12,21H,8-9,13-16H2,1H3. The summed E-state index contributed by atoms with van der Waals surface area (Å²) in [5, 5.41) is 1.12. The zero-order valence-corrected chi connectivity index (χ0v) is 17.1. The van der Waals surface area contributed by atoms with E-state index in [1.165, 1.54) is 0 Å². The van der Waals surface area contributed by atoms with Gasteiger partial charge in [-0.1, -0.05) is 18.2 Å². The Balaban J connectivity index is 1.30. The van der Waals surface area contributed by atoms with Crippen molar-refractivity contribution in [3.8, 4) is 0 Å². The molecule has 2 saturated heterocycles. The number of pyridine rings is 1. The minimum Gasteiger partial charge on any atom is -0.357 e. The van der Waals surface area contributed by atoms with Crippen LogP contribution in [0.1, 0.15) is 11.1 Å². The average molecular weight is 403 g/mol. The third-order valence-corrected chi connectivity index (χ3v) is 6.03. The lowest BCUT2D eigenvalue weighted by Gasteiger charge is -2.46. The first-order valence-corrected chi connectivity index (χ1v) is 10.3. The van der Waals surface area contributed by atoms with Crippen LogP contribution in [-0.2, 0) is 29.7 Å². The summed E-state index contributed by atoms with van der Waals surface area (Å²) >= 11 is 0. The maximum absolute atomic E-state index is 13.2. The van der Waals surface area contributed by atoms with Gasteiger partial charge in [-0.25, -0.2) is 0 Å². The van der Waals surface area contributed by atoms with Crippen molar-refractivity contribution in [1.82, 2.24) is 24.3 Å². The fourth-order valence-corrected chi connectivity index (χ4v) is 4.51. The summed E-state index contributed by atoms with van der Waals surface area (Å²) in [5.41, 5.74) is 3.15. The Kier molecular flexibility index (Phi) is 4.75. The molecule has 0 bridgehead atoms. The Morgan fingerprint density at radius 1 is 1.07 bits per heavy atom. The Hall–Kier alpha value is -3.19. The number of para-hydroxylation sites is 1. The molecule has 2 aliphatic heterocycles. The molecule has 1 atom stereocenters. The second-order valence-corrected chi connectivity index (χ2v) is 8.25. The predicted molar refractivity (Wildman–Crippen MR) is 113 cm³/mol. The first-order valence-electron chi connectivity index (χ1n) is 10.3. The van der Waals surface area contributed by atoms with Gasteiger partial charge in [0.2, 0.25) is 11.8 Å². The van der Waals surface area contributed by atoms with Crippen LogP contribution in [0, 0.1) is 0 Å². The highest BCUT2D eigenvalue weighted by atomic mass is 16.2. The number of carbonyl (C=O) groups is 2. The molecule has 2 aromatic heterocycles. The number of aromatic nitrogens is 2. The largest absolute Gasteiger partial charge is 0.357 e. The highest BCUT2D eigenvalue weighted by Gasteiger charge is 2.42. The summed E-state index contributed by atoms with van der Waals surface area (Å²) in [7, 11) is 1.95. The normalized spacial score (nSPS) is 20.1. The summed E-state index contributed by atoms with van der Waals surface area (Å²) in [6.07, 6.45) is 5.85. The number of rotatable bonds is 4. The monoisotopic (exact) mass is 403 g/mol. The van der Waals surface area contributed by atoms with Gasteiger partial charge in [-0.3, -0.25) is 19.5 Å². The molecule has 4 heterocycles. The van der Waals surface area contributed by atoms with Crippen molar-refractivity contribution in [2.24, 2.45) is 7.05 Å². The summed E-state index contributed by atoms with van der Waals surface area (Å²) in [4.78, 5) is 36.1. The average Bonchev–Trinajstić information content (AvgIpc) is 3.16. The highest BCUT2D eigenvalue weighted by Crippen LogP contribution is 2.22. The zero-order valence-electron chi connectivity index (χ0n) is 17.1. The third kappa shape index (κ3) is 3.57. The van der Waals surface area contributed by atoms with Crippen LogP contribution < -0.4 is 0 Å². The number of nitrogens with zero attached hydrogens (tertiary/aromatic N) is 5. The molecule has 0 radical (unpaired) electrons. The van der Waals surface area contributed by atoms with Crippen molar-refractivity contribution >= 4 is 22.7 Å². The van der Waals surface area contributed by atoms with Crippen LogP contribution in [0.15, 0.2) is 55.0 Å². The summed E-state index contributed by atoms with van der Waals surface area (Å²) in [5.74, 6) is 0.0855. The van der Waals surface area contributed by atoms with E-state index in [9.17, 15) is 9.59 Å². The van der Waals surface area contributed by atoms with Gasteiger partial charge in [0.1, 0.15) is 12.6 Å². The molecule has 0 saturated carbocycles. The molecule has 2 amide bonds. The number of hydrogen-bond donors (Lipinski definition) is 0. The second-order valence-electron chi connectivity index (χ2n) is 8.25. The minimum atomic E-state index is -0.405. The van der Waals surface area contributed by atoms with Crippen LogP contribution in [0.4, 0.5) is 0 Å². The molecule has 3 aromatic rings. The van der Waals surface area contributed by atoms with E-state index in [0.29, 0.717) is 19.6 Å². The van der Waals surface area contributed by atoms with E-state index in [-0.39, 0.29) is 18.4 Å². The predicted octanol–water partition coefficient (Wildman–Crippen LogP) is 1.63. The number of amides is 2. The van der Waals surface area contributed by atoms with E-state index in [0.717, 1.165) is 35.1 Å². The van der Waals surface area contributed by atoms with Crippen molar-refractivity contribution in [2.45, 2.75) is 19.1 Å². The molecule has 2 fully saturated rings. The Bertz CT molecular complexity index is 1110. The van der Waals surface area contributed by atoms with Crippen molar-refractivity contribution in [1.29, 1.82) is 0 Å². The van der Waals surface area contributed by atoms with E-state index in [2.05, 4.69) is 22.0 Å². The lowest BCUT2D eigenvalue weighted by molar-refractivity contribution is -0.160. The molecule has 0 spiro atoms. The maximum Gasteiger partial charge on any atom is 0.247 e. The SMILES string of the molecule is Cn1ccc(CN2CC(=O)N3CCN(Cc4cnc5ccccc5c4)CC3C2=O)c1. The molecular weight excluding hydrogens is 378 g/mol. The summed E-state index contributed by atoms with van der Waals surface area (Å²) < 4.78 is 1.96. The van der Waals surface area contributed by atoms with Crippen LogP contribution in [0.3, 0.4) is 0 Å². The highest BCUT2D eigenvalue weighted by molar-refractivity contribution is 5.95. The van der Waals surface area contributed by atoms with E-state index in [1.807, 2.05) is 54.5 Å². The number of carbonyl (C=O) groups excluding carboxylic acids is 2. The lowest BCUT2D eigenvalue weighted by Crippen LogP contribution is -2.66. The lowest BCUT2D eigenvalue weighted by atomic mass is 10.1. The Morgan fingerprint density at radius 2 is 1.93 bits per heavy atom. The van der Waals surface area contributed by atoms with Crippen LogP contribution in [0.5, 0.6) is 0 Å². The first-order chi connectivity index (χ1) is 14.6. The molecule has 0 N–H and O–H groups in total. The molecule has 7 heteroatoms. The van der Waals surface area contributed by atoms with Crippen LogP contribution >= 0.6 is 0 Å². The first kappa shape index (κ1) is 18.8. The number of hydrogen-bond acceptors (Lipinski definition) is 4. The van der Waals surface area contributed by atoms with E-state index in [4.69, 9.17) is 0 Å². The van der Waals surface area contributed by atoms with E-state index < -0.39 is 6.04 Å². The van der Waals surface area contributed by atoms with E-state index >= 15 is 0 Å². The fourth-order valence-electron chi connectivity index (χ4n) is 4.51. The molecule has 154 valence electrons. The molecular formula is C23H25N5O2. The van der Waals surface area contributed by atoms with Crippen molar-refractivity contribution in [3.63, 3.8) is 0 Å². The molecule has 5 rings (SSSR count). The van der Waals surface area contributed by atoms with Gasteiger partial charge in [0.25, 0.3) is 0 Å². The van der Waals surface area contributed by atoms with Crippen molar-refractivity contribution < 1.29 is 9.59 Å². The second kappa shape index (κ2) is 7.57. The molecule has 1 unspecified atom stereocenters. The fraction of sp³-hybridized carbons (Fsp3) is 0.348. The number of fused-ring (bicyclic) bond motifs is 2. The van der Waals surface area contributed by atoms with Crippen molar-refractivity contribution in [2.75, 3.05) is 26.2 Å². The van der Waals surface area contributed by atoms with Gasteiger partial charge in [0, 0.05) is 63.7 Å². The summed E-state index contributed by atoms with van der Waals surface area (Å²) in [6.45, 7) is 3.28. The maximum atomic E-state index is 13.2. The minimum absolute atomic E-state index is 0.0415. The molecule has 30 heavy (non-hydrogen) atoms. The summed E-state index contributed by atoms with van der Waals surface area (Å²) in [6, 6.07) is 11.8. The van der Waals surface area contributed by atoms with Gasteiger partial charge in [0.15, 0.2) is 0 Å². The van der Waals surface area contributed by atoms with Crippen LogP contribution in [-0.4, -0.2) is 68.3 Å². The van der Waals surface area contributed by atoms with Gasteiger partial charge in [-0.2, -0.15) is 0 Å². The molecule has 1 aromatic carbocycles. The van der Waals surface area contributed by atoms with Crippen molar-refractivity contribution in [3.05, 3.63) is 66.1 Å². The molecule has 0 aliphatic carbocycles. The van der Waals surface area contributed by atoms with Gasteiger partial charge in [0.05, 0.1) is 5.52 Å². The number of aryl methyl sites for hydroxylation is 1. The number of piperazine rings is 2. The Labute approximate surface area is 175 Å². The van der Waals surface area contributed by atoms with Gasteiger partial charge in [-0.15, -0.1) is 0 Å². The van der Waals surface area contributed by atoms with Gasteiger partial charge < -0.3 is 14.4 Å². The van der Waals surface area contributed by atoms with Crippen LogP contribution in [0.2, 0.25) is 0 Å².